The van der Waals surface area contributed by atoms with Gasteiger partial charge in [0.15, 0.2) is 12.6 Å². The maximum Gasteiger partial charge on any atom is 0.220 e. The molecule has 67 heavy (non-hydrogen) atoms. The van der Waals surface area contributed by atoms with Crippen molar-refractivity contribution in [3.8, 4) is 0 Å². The van der Waals surface area contributed by atoms with Crippen molar-refractivity contribution in [2.45, 2.75) is 274 Å². The maximum atomic E-state index is 12.8. The van der Waals surface area contributed by atoms with Crippen LogP contribution in [0.5, 0.6) is 0 Å². The molecule has 0 radical (unpaired) electrons. The second-order valence-electron chi connectivity index (χ2n) is 19.0. The van der Waals surface area contributed by atoms with Crippen molar-refractivity contribution in [3.05, 3.63) is 36.5 Å². The van der Waals surface area contributed by atoms with Crippen LogP contribution in [0.25, 0.3) is 0 Å². The van der Waals surface area contributed by atoms with Gasteiger partial charge >= 0.3 is 0 Å². The van der Waals surface area contributed by atoms with E-state index in [2.05, 4.69) is 36.5 Å². The number of unbranched alkanes of at least 4 members (excludes halogenated alkanes) is 24. The van der Waals surface area contributed by atoms with Gasteiger partial charge in [-0.15, -0.1) is 0 Å². The zero-order valence-corrected chi connectivity index (χ0v) is 41.6. The van der Waals surface area contributed by atoms with Crippen LogP contribution in [0.2, 0.25) is 0 Å². The molecule has 0 aromatic carbocycles. The molecule has 2 saturated heterocycles. The molecule has 0 spiro atoms. The first kappa shape index (κ1) is 61.3. The van der Waals surface area contributed by atoms with E-state index in [1.165, 1.54) is 128 Å². The van der Waals surface area contributed by atoms with Crippen molar-refractivity contribution >= 4 is 5.91 Å². The quantitative estimate of drug-likeness (QED) is 0.0214. The Morgan fingerprint density at radius 2 is 0.955 bits per heavy atom. The first-order valence-corrected chi connectivity index (χ1v) is 26.7. The van der Waals surface area contributed by atoms with E-state index in [4.69, 9.17) is 18.9 Å². The van der Waals surface area contributed by atoms with Crippen LogP contribution in [0.3, 0.4) is 0 Å². The van der Waals surface area contributed by atoms with Crippen LogP contribution in [-0.2, 0) is 23.7 Å². The zero-order chi connectivity index (χ0) is 48.9. The molecule has 14 nitrogen and oxygen atoms in total. The SMILES string of the molecule is CCCCCCCCCCCCCCCCCCCCCC/C=C/CC/C=C/CC/C=C/C(O)C(COC1OC(CO)C(OC2OC(CO)C(O)C(O)C2O)C(O)C1O)NC(=O)CCCCC. The fourth-order valence-electron chi connectivity index (χ4n) is 8.68. The lowest BCUT2D eigenvalue weighted by Crippen LogP contribution is -2.65. The van der Waals surface area contributed by atoms with Crippen LogP contribution in [0.4, 0.5) is 0 Å². The van der Waals surface area contributed by atoms with Gasteiger partial charge < -0.3 is 65.1 Å². The Hall–Kier alpha value is -1.79. The van der Waals surface area contributed by atoms with Gasteiger partial charge in [-0.2, -0.15) is 0 Å². The molecule has 12 atom stereocenters. The summed E-state index contributed by atoms with van der Waals surface area (Å²) in [4.78, 5) is 12.8. The van der Waals surface area contributed by atoms with Gasteiger partial charge in [0, 0.05) is 6.42 Å². The first-order valence-electron chi connectivity index (χ1n) is 26.7. The van der Waals surface area contributed by atoms with Crippen molar-refractivity contribution < 1.29 is 64.6 Å². The third-order valence-electron chi connectivity index (χ3n) is 13.1. The average Bonchev–Trinajstić information content (AvgIpc) is 3.32. The number of hydrogen-bond donors (Lipinski definition) is 9. The summed E-state index contributed by atoms with van der Waals surface area (Å²) in [5, 5.41) is 86.1. The smallest absolute Gasteiger partial charge is 0.220 e. The minimum absolute atomic E-state index is 0.255. The van der Waals surface area contributed by atoms with Crippen LogP contribution in [0.1, 0.15) is 200 Å². The summed E-state index contributed by atoms with van der Waals surface area (Å²) in [6.07, 6.45) is 30.5. The molecule has 0 aliphatic carbocycles. The molecule has 2 aliphatic rings. The number of aliphatic hydroxyl groups is 8. The topological polar surface area (TPSA) is 228 Å². The third kappa shape index (κ3) is 26.8. The van der Waals surface area contributed by atoms with E-state index in [9.17, 15) is 45.6 Å². The number of hydrogen-bond acceptors (Lipinski definition) is 13. The summed E-state index contributed by atoms with van der Waals surface area (Å²) in [7, 11) is 0. The zero-order valence-electron chi connectivity index (χ0n) is 41.6. The summed E-state index contributed by atoms with van der Waals surface area (Å²) in [5.74, 6) is -0.279. The number of rotatable bonds is 41. The predicted molar refractivity (Wildman–Crippen MR) is 263 cm³/mol. The highest BCUT2D eigenvalue weighted by Gasteiger charge is 2.51. The number of allylic oxidation sites excluding steroid dienone is 5. The first-order chi connectivity index (χ1) is 32.6. The Kier molecular flexibility index (Phi) is 36.5. The lowest BCUT2D eigenvalue weighted by atomic mass is 9.97. The Bertz CT molecular complexity index is 1270. The van der Waals surface area contributed by atoms with E-state index < -0.39 is 86.8 Å². The molecule has 0 bridgehead atoms. The molecule has 14 heteroatoms. The second-order valence-corrected chi connectivity index (χ2v) is 19.0. The summed E-state index contributed by atoms with van der Waals surface area (Å²) < 4.78 is 22.5. The summed E-state index contributed by atoms with van der Waals surface area (Å²) >= 11 is 0. The summed E-state index contributed by atoms with van der Waals surface area (Å²) in [6, 6.07) is -0.931. The molecule has 1 amide bonds. The lowest BCUT2D eigenvalue weighted by molar-refractivity contribution is -0.359. The standard InChI is InChI=1S/C53H97NO13/c1-3-5-7-8-9-10-11-12-13-14-15-16-17-18-19-20-21-22-23-24-25-26-27-28-29-30-31-32-33-35-36-42(57)41(54-45(58)37-34-6-4-2)40-64-52-50(63)48(61)51(44(39-56)66-52)67-53-49(62)47(60)46(59)43(38-55)65-53/h26-27,30-31,35-36,41-44,46-53,55-57,59-63H,3-25,28-29,32-34,37-40H2,1-2H3,(H,54,58)/b27-26+,31-30+,36-35+. The number of carbonyl (C=O) groups excluding carboxylic acids is 1. The largest absolute Gasteiger partial charge is 0.394 e. The van der Waals surface area contributed by atoms with E-state index in [0.29, 0.717) is 12.8 Å². The minimum Gasteiger partial charge on any atom is -0.394 e. The van der Waals surface area contributed by atoms with Crippen LogP contribution in [-0.4, -0.2) is 140 Å². The molecule has 9 N–H and O–H groups in total. The second kappa shape index (κ2) is 39.9. The number of carbonyl (C=O) groups is 1. The maximum absolute atomic E-state index is 12.8. The Balaban J connectivity index is 1.62. The lowest BCUT2D eigenvalue weighted by Gasteiger charge is -2.46. The monoisotopic (exact) mass is 956 g/mol. The normalized spacial score (nSPS) is 26.8. The molecule has 0 aromatic rings. The number of amides is 1. The number of ether oxygens (including phenoxy) is 4. The van der Waals surface area contributed by atoms with Gasteiger partial charge in [-0.3, -0.25) is 4.79 Å². The molecular formula is C53H97NO13. The average molecular weight is 956 g/mol. The highest BCUT2D eigenvalue weighted by Crippen LogP contribution is 2.30. The van der Waals surface area contributed by atoms with E-state index >= 15 is 0 Å². The molecule has 392 valence electrons. The number of nitrogens with one attached hydrogen (secondary N) is 1. The van der Waals surface area contributed by atoms with Gasteiger partial charge in [-0.05, 0) is 44.9 Å². The Labute approximate surface area is 404 Å². The van der Waals surface area contributed by atoms with Crippen LogP contribution < -0.4 is 5.32 Å². The van der Waals surface area contributed by atoms with Gasteiger partial charge in [0.1, 0.15) is 48.8 Å². The van der Waals surface area contributed by atoms with E-state index in [1.54, 1.807) is 6.08 Å². The van der Waals surface area contributed by atoms with Crippen molar-refractivity contribution in [3.63, 3.8) is 0 Å². The molecule has 2 aliphatic heterocycles. The van der Waals surface area contributed by atoms with Crippen molar-refractivity contribution in [1.29, 1.82) is 0 Å². The van der Waals surface area contributed by atoms with Gasteiger partial charge in [0.05, 0.1) is 32.0 Å². The molecule has 2 rings (SSSR count). The fourth-order valence-corrected chi connectivity index (χ4v) is 8.68. The van der Waals surface area contributed by atoms with Crippen LogP contribution >= 0.6 is 0 Å². The molecule has 0 aromatic heterocycles. The summed E-state index contributed by atoms with van der Waals surface area (Å²) in [6.45, 7) is 2.57. The third-order valence-corrected chi connectivity index (χ3v) is 13.1. The van der Waals surface area contributed by atoms with E-state index in [0.717, 1.165) is 38.5 Å². The Morgan fingerprint density at radius 3 is 1.46 bits per heavy atom. The van der Waals surface area contributed by atoms with Gasteiger partial charge in [0.25, 0.3) is 0 Å². The van der Waals surface area contributed by atoms with Gasteiger partial charge in [-0.25, -0.2) is 0 Å². The molecular weight excluding hydrogens is 859 g/mol. The van der Waals surface area contributed by atoms with E-state index in [1.807, 2.05) is 13.0 Å². The highest BCUT2D eigenvalue weighted by molar-refractivity contribution is 5.76. The van der Waals surface area contributed by atoms with Crippen LogP contribution in [0.15, 0.2) is 36.5 Å². The summed E-state index contributed by atoms with van der Waals surface area (Å²) in [5.41, 5.74) is 0. The van der Waals surface area contributed by atoms with Crippen molar-refractivity contribution in [2.24, 2.45) is 0 Å². The number of aliphatic hydroxyl groups excluding tert-OH is 8. The van der Waals surface area contributed by atoms with E-state index in [-0.39, 0.29) is 18.9 Å². The molecule has 0 saturated carbocycles. The van der Waals surface area contributed by atoms with Crippen LogP contribution in [0, 0.1) is 0 Å². The van der Waals surface area contributed by atoms with Gasteiger partial charge in [0.2, 0.25) is 5.91 Å². The molecule has 12 unspecified atom stereocenters. The fraction of sp³-hybridized carbons (Fsp3) is 0.868. The molecule has 2 heterocycles. The minimum atomic E-state index is -1.79. The van der Waals surface area contributed by atoms with Gasteiger partial charge in [-0.1, -0.05) is 185 Å². The highest BCUT2D eigenvalue weighted by atomic mass is 16.7. The Morgan fingerprint density at radius 1 is 0.522 bits per heavy atom. The van der Waals surface area contributed by atoms with Crippen molar-refractivity contribution in [2.75, 3.05) is 19.8 Å². The molecule has 2 fully saturated rings. The van der Waals surface area contributed by atoms with Crippen molar-refractivity contribution in [1.82, 2.24) is 5.32 Å². The predicted octanol–water partition coefficient (Wildman–Crippen LogP) is 7.49.